The molecule has 1 amide bonds. The average Bonchev–Trinajstić information content (AvgIpc) is 2.48. The van der Waals surface area contributed by atoms with E-state index >= 15 is 0 Å². The van der Waals surface area contributed by atoms with Crippen LogP contribution in [0.5, 0.6) is 0 Å². The van der Waals surface area contributed by atoms with E-state index in [2.05, 4.69) is 27.1 Å². The summed E-state index contributed by atoms with van der Waals surface area (Å²) in [5, 5.41) is 3.41. The molecule has 1 aromatic heterocycles. The van der Waals surface area contributed by atoms with Gasteiger partial charge in [-0.25, -0.2) is 4.98 Å². The SMILES string of the molecule is CC1C2CNCCN2CCN1C(=O)c1cnccn1. The first kappa shape index (κ1) is 12.5. The molecular weight excluding hydrogens is 242 g/mol. The molecule has 1 N–H and O–H groups in total. The van der Waals surface area contributed by atoms with Crippen molar-refractivity contribution in [1.82, 2.24) is 25.1 Å². The number of piperazine rings is 2. The van der Waals surface area contributed by atoms with E-state index in [1.807, 2.05) is 4.90 Å². The Hall–Kier alpha value is -1.53. The van der Waals surface area contributed by atoms with Gasteiger partial charge in [0.25, 0.3) is 5.91 Å². The Morgan fingerprint density at radius 1 is 1.37 bits per heavy atom. The van der Waals surface area contributed by atoms with Crippen molar-refractivity contribution in [2.45, 2.75) is 19.0 Å². The number of rotatable bonds is 1. The monoisotopic (exact) mass is 261 g/mol. The molecule has 2 aliphatic heterocycles. The minimum Gasteiger partial charge on any atom is -0.332 e. The summed E-state index contributed by atoms with van der Waals surface area (Å²) in [7, 11) is 0. The number of nitrogens with one attached hydrogen (secondary N) is 1. The molecule has 2 aliphatic rings. The zero-order valence-corrected chi connectivity index (χ0v) is 11.1. The highest BCUT2D eigenvalue weighted by Gasteiger charge is 2.37. The van der Waals surface area contributed by atoms with Crippen LogP contribution in [0.15, 0.2) is 18.6 Å². The van der Waals surface area contributed by atoms with Gasteiger partial charge in [-0.2, -0.15) is 0 Å². The molecule has 0 aliphatic carbocycles. The molecule has 0 spiro atoms. The first-order valence-corrected chi connectivity index (χ1v) is 6.79. The number of carbonyl (C=O) groups excluding carboxylic acids is 1. The summed E-state index contributed by atoms with van der Waals surface area (Å²) in [5.74, 6) is -0.00850. The van der Waals surface area contributed by atoms with E-state index in [-0.39, 0.29) is 11.9 Å². The van der Waals surface area contributed by atoms with E-state index in [0.717, 1.165) is 32.7 Å². The minimum absolute atomic E-state index is 0.00850. The molecule has 6 heteroatoms. The topological polar surface area (TPSA) is 61.4 Å². The van der Waals surface area contributed by atoms with Crippen LogP contribution in [0.4, 0.5) is 0 Å². The molecule has 19 heavy (non-hydrogen) atoms. The Balaban J connectivity index is 1.76. The molecule has 0 bridgehead atoms. The van der Waals surface area contributed by atoms with Crippen molar-refractivity contribution >= 4 is 5.91 Å². The summed E-state index contributed by atoms with van der Waals surface area (Å²) < 4.78 is 0. The third-order valence-corrected chi connectivity index (χ3v) is 4.12. The molecule has 102 valence electrons. The number of amides is 1. The van der Waals surface area contributed by atoms with E-state index in [4.69, 9.17) is 0 Å². The zero-order valence-electron chi connectivity index (χ0n) is 11.1. The molecular formula is C13H19N5O. The van der Waals surface area contributed by atoms with Crippen LogP contribution in [0, 0.1) is 0 Å². The summed E-state index contributed by atoms with van der Waals surface area (Å²) in [4.78, 5) is 25.0. The van der Waals surface area contributed by atoms with E-state index in [1.54, 1.807) is 18.6 Å². The normalized spacial score (nSPS) is 27.9. The lowest BCUT2D eigenvalue weighted by Crippen LogP contribution is -2.66. The third kappa shape index (κ3) is 2.33. The van der Waals surface area contributed by atoms with Gasteiger partial charge in [-0.1, -0.05) is 0 Å². The fourth-order valence-electron chi connectivity index (χ4n) is 3.01. The Morgan fingerprint density at radius 2 is 2.26 bits per heavy atom. The molecule has 2 atom stereocenters. The third-order valence-electron chi connectivity index (χ3n) is 4.12. The van der Waals surface area contributed by atoms with Crippen molar-refractivity contribution in [3.63, 3.8) is 0 Å². The molecule has 2 saturated heterocycles. The molecule has 2 fully saturated rings. The van der Waals surface area contributed by atoms with Crippen molar-refractivity contribution in [2.75, 3.05) is 32.7 Å². The number of carbonyl (C=O) groups is 1. The second kappa shape index (κ2) is 5.22. The standard InChI is InChI=1S/C13H19N5O/c1-10-12-9-15-4-5-17(12)6-7-18(10)13(19)11-8-14-2-3-16-11/h2-3,8,10,12,15H,4-7,9H2,1H3. The molecule has 2 unspecified atom stereocenters. The average molecular weight is 261 g/mol. The Bertz CT molecular complexity index is 452. The Kier molecular flexibility index (Phi) is 3.44. The predicted molar refractivity (Wildman–Crippen MR) is 70.8 cm³/mol. The van der Waals surface area contributed by atoms with Crippen molar-refractivity contribution in [1.29, 1.82) is 0 Å². The van der Waals surface area contributed by atoms with E-state index in [0.29, 0.717) is 11.7 Å². The number of hydrogen-bond donors (Lipinski definition) is 1. The lowest BCUT2D eigenvalue weighted by molar-refractivity contribution is 0.0139. The lowest BCUT2D eigenvalue weighted by Gasteiger charge is -2.48. The lowest BCUT2D eigenvalue weighted by atomic mass is 10.0. The van der Waals surface area contributed by atoms with Crippen molar-refractivity contribution in [2.24, 2.45) is 0 Å². The second-order valence-corrected chi connectivity index (χ2v) is 5.14. The van der Waals surface area contributed by atoms with Gasteiger partial charge in [-0.15, -0.1) is 0 Å². The maximum atomic E-state index is 12.5. The van der Waals surface area contributed by atoms with Crippen molar-refractivity contribution in [3.8, 4) is 0 Å². The number of aromatic nitrogens is 2. The number of fused-ring (bicyclic) bond motifs is 1. The van der Waals surface area contributed by atoms with Crippen LogP contribution >= 0.6 is 0 Å². The first-order valence-electron chi connectivity index (χ1n) is 6.79. The van der Waals surface area contributed by atoms with Crippen LogP contribution < -0.4 is 5.32 Å². The van der Waals surface area contributed by atoms with Crippen LogP contribution in [0.25, 0.3) is 0 Å². The van der Waals surface area contributed by atoms with Crippen molar-refractivity contribution in [3.05, 3.63) is 24.3 Å². The highest BCUT2D eigenvalue weighted by Crippen LogP contribution is 2.20. The predicted octanol–water partition coefficient (Wildman–Crippen LogP) is -0.405. The van der Waals surface area contributed by atoms with Crippen molar-refractivity contribution < 1.29 is 4.79 Å². The van der Waals surface area contributed by atoms with E-state index in [9.17, 15) is 4.79 Å². The van der Waals surface area contributed by atoms with Crippen LogP contribution in [-0.2, 0) is 0 Å². The second-order valence-electron chi connectivity index (χ2n) is 5.14. The maximum Gasteiger partial charge on any atom is 0.274 e. The van der Waals surface area contributed by atoms with Gasteiger partial charge >= 0.3 is 0 Å². The molecule has 3 heterocycles. The van der Waals surface area contributed by atoms with Crippen LogP contribution in [0.1, 0.15) is 17.4 Å². The molecule has 6 nitrogen and oxygen atoms in total. The first-order chi connectivity index (χ1) is 9.27. The van der Waals surface area contributed by atoms with Crippen LogP contribution in [-0.4, -0.2) is 70.5 Å². The van der Waals surface area contributed by atoms with Gasteiger partial charge in [0, 0.05) is 57.2 Å². The molecule has 0 saturated carbocycles. The zero-order chi connectivity index (χ0) is 13.2. The number of nitrogens with zero attached hydrogens (tertiary/aromatic N) is 4. The van der Waals surface area contributed by atoms with Gasteiger partial charge in [0.2, 0.25) is 0 Å². The number of hydrogen-bond acceptors (Lipinski definition) is 5. The van der Waals surface area contributed by atoms with Gasteiger partial charge in [0.15, 0.2) is 0 Å². The minimum atomic E-state index is -0.00850. The summed E-state index contributed by atoms with van der Waals surface area (Å²) in [5.41, 5.74) is 0.437. The van der Waals surface area contributed by atoms with Crippen LogP contribution in [0.2, 0.25) is 0 Å². The molecule has 0 radical (unpaired) electrons. The smallest absolute Gasteiger partial charge is 0.274 e. The molecule has 3 rings (SSSR count). The quantitative estimate of drug-likeness (QED) is 0.745. The van der Waals surface area contributed by atoms with Gasteiger partial charge in [0.1, 0.15) is 5.69 Å². The summed E-state index contributed by atoms with van der Waals surface area (Å²) in [6.45, 7) is 6.91. The summed E-state index contributed by atoms with van der Waals surface area (Å²) >= 11 is 0. The Labute approximate surface area is 112 Å². The van der Waals surface area contributed by atoms with Gasteiger partial charge in [-0.05, 0) is 6.92 Å². The van der Waals surface area contributed by atoms with Gasteiger partial charge < -0.3 is 10.2 Å². The van der Waals surface area contributed by atoms with E-state index in [1.165, 1.54) is 0 Å². The fourth-order valence-corrected chi connectivity index (χ4v) is 3.01. The van der Waals surface area contributed by atoms with E-state index < -0.39 is 0 Å². The highest BCUT2D eigenvalue weighted by atomic mass is 16.2. The highest BCUT2D eigenvalue weighted by molar-refractivity contribution is 5.92. The fraction of sp³-hybridized carbons (Fsp3) is 0.615. The van der Waals surface area contributed by atoms with Gasteiger partial charge in [0.05, 0.1) is 6.20 Å². The summed E-state index contributed by atoms with van der Waals surface area (Å²) in [6, 6.07) is 0.610. The van der Waals surface area contributed by atoms with Crippen LogP contribution in [0.3, 0.4) is 0 Å². The van der Waals surface area contributed by atoms with Gasteiger partial charge in [-0.3, -0.25) is 14.7 Å². The molecule has 1 aromatic rings. The summed E-state index contributed by atoms with van der Waals surface area (Å²) in [6.07, 6.45) is 4.69. The maximum absolute atomic E-state index is 12.5. The Morgan fingerprint density at radius 3 is 3.05 bits per heavy atom. The largest absolute Gasteiger partial charge is 0.332 e. The molecule has 0 aromatic carbocycles.